The fourth-order valence-corrected chi connectivity index (χ4v) is 2.76. The molecule has 1 saturated heterocycles. The van der Waals surface area contributed by atoms with Gasteiger partial charge in [0.25, 0.3) is 5.56 Å². The van der Waals surface area contributed by atoms with Gasteiger partial charge in [-0.1, -0.05) is 5.16 Å². The van der Waals surface area contributed by atoms with Crippen LogP contribution in [-0.4, -0.2) is 44.2 Å². The number of aliphatic hydroxyl groups is 1. The molecule has 0 bridgehead atoms. The van der Waals surface area contributed by atoms with Crippen LogP contribution in [0.4, 0.5) is 4.39 Å². The van der Waals surface area contributed by atoms with Crippen LogP contribution in [0.1, 0.15) is 91.8 Å². The van der Waals surface area contributed by atoms with Crippen LogP contribution < -0.4 is 5.56 Å². The normalized spacial score (nSPS) is 47.4. The van der Waals surface area contributed by atoms with Crippen molar-refractivity contribution in [1.29, 1.82) is 0 Å². The van der Waals surface area contributed by atoms with Gasteiger partial charge in [-0.3, -0.25) is 9.36 Å². The fraction of sp³-hybridized carbons (Fsp3) is 0.522. The maximum atomic E-state index is 14.2. The van der Waals surface area contributed by atoms with Crippen molar-refractivity contribution in [1.82, 2.24) is 19.6 Å². The molecule has 5 rings (SSSR count). The maximum absolute atomic E-state index is 14.2. The van der Waals surface area contributed by atoms with Gasteiger partial charge in [0.05, 0.1) is 7.06 Å². The highest BCUT2D eigenvalue weighted by Crippen LogP contribution is 2.32. The highest BCUT2D eigenvalue weighted by molar-refractivity contribution is 5.79. The van der Waals surface area contributed by atoms with Crippen LogP contribution in [0, 0.1) is 12.7 Å². The number of nitrogens with zero attached hydrogens (tertiary/aromatic N) is 4. The number of piperidine rings is 1. The van der Waals surface area contributed by atoms with Gasteiger partial charge in [0.1, 0.15) is 17.7 Å². The highest BCUT2D eigenvalue weighted by atomic mass is 19.1. The van der Waals surface area contributed by atoms with Gasteiger partial charge in [-0.05, 0) is 63.8 Å². The van der Waals surface area contributed by atoms with Crippen molar-refractivity contribution in [2.75, 3.05) is 19.5 Å². The molecule has 3 aromatic rings. The Morgan fingerprint density at radius 3 is 3.03 bits per heavy atom. The van der Waals surface area contributed by atoms with Crippen LogP contribution in [0.5, 0.6) is 0 Å². The van der Waals surface area contributed by atoms with Crippen molar-refractivity contribution >= 4 is 11.0 Å². The molecular weight excluding hydrogens is 399 g/mol. The quantitative estimate of drug-likeness (QED) is 0.659. The number of hydrogen-bond acceptors (Lipinski definition) is 6. The van der Waals surface area contributed by atoms with Crippen molar-refractivity contribution in [2.45, 2.75) is 57.2 Å². The number of aryl methyl sites for hydroxylation is 1. The second-order valence-corrected chi connectivity index (χ2v) is 6.10. The van der Waals surface area contributed by atoms with E-state index in [9.17, 15) is 14.3 Å². The minimum absolute atomic E-state index is 0.513. The topological polar surface area (TPSA) is 84.4 Å². The Hall–Kier alpha value is -2.58. The van der Waals surface area contributed by atoms with E-state index in [1.807, 2.05) is 0 Å². The van der Waals surface area contributed by atoms with Crippen LogP contribution >= 0.6 is 0 Å². The molecule has 0 aliphatic carbocycles. The molecule has 1 fully saturated rings. The molecular formula is C23H27FN4O3. The Kier molecular flexibility index (Phi) is 1.83. The van der Waals surface area contributed by atoms with Crippen molar-refractivity contribution in [3.63, 3.8) is 0 Å². The molecule has 1 unspecified atom stereocenters. The van der Waals surface area contributed by atoms with Gasteiger partial charge >= 0.3 is 0 Å². The summed E-state index contributed by atoms with van der Waals surface area (Å²) < 4.78 is 213. The molecule has 8 heteroatoms. The zero-order chi connectivity index (χ0) is 42.0. The van der Waals surface area contributed by atoms with E-state index in [1.54, 1.807) is 0 Å². The van der Waals surface area contributed by atoms with E-state index in [0.717, 1.165) is 12.1 Å². The van der Waals surface area contributed by atoms with E-state index in [-0.39, 0.29) is 0 Å². The molecule has 2 aliphatic rings. The predicted molar refractivity (Wildman–Crippen MR) is 114 cm³/mol. The van der Waals surface area contributed by atoms with Gasteiger partial charge in [0.2, 0.25) is 0 Å². The Labute approximate surface area is 211 Å². The zero-order valence-corrected chi connectivity index (χ0v) is 15.2. The van der Waals surface area contributed by atoms with Crippen LogP contribution in [0.25, 0.3) is 11.0 Å². The lowest BCUT2D eigenvalue weighted by Crippen LogP contribution is -2.37. The lowest BCUT2D eigenvalue weighted by molar-refractivity contribution is 0.129. The number of hydrogen-bond donors (Lipinski definition) is 1. The van der Waals surface area contributed by atoms with Gasteiger partial charge in [0.15, 0.2) is 5.58 Å². The van der Waals surface area contributed by atoms with Crippen LogP contribution in [0.2, 0.25) is 0 Å². The minimum atomic E-state index is -4.72. The molecule has 7 nitrogen and oxygen atoms in total. The number of halogens is 1. The summed E-state index contributed by atoms with van der Waals surface area (Å²) >= 11 is 0. The average Bonchev–Trinajstić information content (AvgIpc) is 3.40. The van der Waals surface area contributed by atoms with Crippen molar-refractivity contribution in [2.24, 2.45) is 0 Å². The molecule has 2 aromatic heterocycles. The minimum Gasteiger partial charge on any atom is -0.385 e. The predicted octanol–water partition coefficient (Wildman–Crippen LogP) is 3.08. The van der Waals surface area contributed by atoms with Gasteiger partial charge in [-0.15, -0.1) is 0 Å². The van der Waals surface area contributed by atoms with Crippen molar-refractivity contribution in [3.8, 4) is 0 Å². The Balaban J connectivity index is 1.86. The second kappa shape index (κ2) is 8.16. The largest absolute Gasteiger partial charge is 0.385 e. The summed E-state index contributed by atoms with van der Waals surface area (Å²) in [6, 6.07) is 2.23. The van der Waals surface area contributed by atoms with Crippen LogP contribution in [0.3, 0.4) is 0 Å². The van der Waals surface area contributed by atoms with E-state index in [4.69, 9.17) is 36.1 Å². The lowest BCUT2D eigenvalue weighted by Gasteiger charge is -2.31. The summed E-state index contributed by atoms with van der Waals surface area (Å²) in [4.78, 5) is 16.4. The number of fused-ring (bicyclic) bond motifs is 2. The molecule has 4 heterocycles. The number of benzene rings is 1. The molecule has 1 atom stereocenters. The summed E-state index contributed by atoms with van der Waals surface area (Å²) in [5.41, 5.74) is -8.21. The highest BCUT2D eigenvalue weighted by Gasteiger charge is 2.26. The first-order valence-electron chi connectivity index (χ1n) is 20.0. The average molecular weight is 450 g/mol. The second-order valence-electron chi connectivity index (χ2n) is 6.10. The van der Waals surface area contributed by atoms with E-state index < -0.39 is 131 Å². The van der Waals surface area contributed by atoms with E-state index in [0.29, 0.717) is 6.07 Å². The summed E-state index contributed by atoms with van der Waals surface area (Å²) in [5.74, 6) is -6.71. The summed E-state index contributed by atoms with van der Waals surface area (Å²) in [5, 5.41) is 13.7. The lowest BCUT2D eigenvalue weighted by atomic mass is 9.91. The molecule has 0 spiro atoms. The molecule has 1 aromatic carbocycles. The van der Waals surface area contributed by atoms with E-state index >= 15 is 0 Å². The number of likely N-dealkylation sites (tertiary alicyclic amines) is 1. The first kappa shape index (κ1) is 6.96. The first-order valence-corrected chi connectivity index (χ1v) is 8.50. The third-order valence-corrected chi connectivity index (χ3v) is 4.19. The summed E-state index contributed by atoms with van der Waals surface area (Å²) in [7, 11) is 0. The van der Waals surface area contributed by atoms with Gasteiger partial charge in [0, 0.05) is 71.8 Å². The third-order valence-electron chi connectivity index (χ3n) is 4.19. The number of aromatic nitrogens is 3. The Morgan fingerprint density at radius 1 is 1.39 bits per heavy atom. The smallest absolute Gasteiger partial charge is 0.257 e. The molecule has 2 aliphatic heterocycles. The third kappa shape index (κ3) is 3.78. The summed E-state index contributed by atoms with van der Waals surface area (Å²) in [6.45, 7) is -21.7. The zero-order valence-electron chi connectivity index (χ0n) is 38.2. The van der Waals surface area contributed by atoms with Crippen molar-refractivity contribution in [3.05, 3.63) is 57.1 Å². The molecule has 31 heavy (non-hydrogen) atoms. The first-order chi connectivity index (χ1) is 23.7. The van der Waals surface area contributed by atoms with Gasteiger partial charge < -0.3 is 14.5 Å². The maximum Gasteiger partial charge on any atom is 0.257 e. The SMILES string of the molecule is [2H]C([2H])([2H])c1nc2n(c(=O)c1C([2H])([2H])C([2H])([2H])N1C([2H])([2H])C([2H])([2H])C([2H])(c3noc4cc(F)ccc34)C([2H])([2H])C1([2H])[2H])C([2H])([2H])C([2H])([2H])C([2H])([2H])C2([2H])O. The summed E-state index contributed by atoms with van der Waals surface area (Å²) in [6.07, 6.45) is -25.4. The van der Waals surface area contributed by atoms with Crippen LogP contribution in [-0.2, 0) is 12.9 Å². The monoisotopic (exact) mass is 449 g/mol. The van der Waals surface area contributed by atoms with Gasteiger partial charge in [-0.2, -0.15) is 0 Å². The van der Waals surface area contributed by atoms with Crippen molar-refractivity contribution < 1.29 is 45.5 Å². The molecule has 1 N–H and O–H groups in total. The van der Waals surface area contributed by atoms with E-state index in [1.165, 1.54) is 0 Å². The molecule has 164 valence electrons. The Bertz CT molecular complexity index is 2100. The van der Waals surface area contributed by atoms with E-state index in [2.05, 4.69) is 10.1 Å². The Morgan fingerprint density at radius 2 is 2.23 bits per heavy atom. The molecule has 0 saturated carbocycles. The van der Waals surface area contributed by atoms with Gasteiger partial charge in [-0.25, -0.2) is 9.37 Å². The fourth-order valence-electron chi connectivity index (χ4n) is 2.76. The molecule has 0 amide bonds. The standard InChI is InChI=1S/C23H27FN4O3/c1-14-17(23(30)28-9-2-3-19(29)22(28)25-14)8-12-27-10-6-15(7-11-27)21-18-5-4-16(24)13-20(18)31-26-21/h4-5,13,15,19,29H,2-3,6-12H2,1H3/i1D3,2D2,3D2,6D2,7D2,8D2,9D2,10D2,11D2,12D2,15D,19D. The number of rotatable bonds is 4. The van der Waals surface area contributed by atoms with Crippen LogP contribution in [0.15, 0.2) is 27.5 Å². The molecule has 0 radical (unpaired) electrons.